The maximum absolute atomic E-state index is 11.7. The molecule has 0 aromatic carbocycles. The molecule has 102 valence electrons. The SMILES string of the molecule is CCOCCS(=O)(=O)NC1CCC(NC)CC1. The Morgan fingerprint density at radius 1 is 1.18 bits per heavy atom. The van der Waals surface area contributed by atoms with E-state index in [9.17, 15) is 8.42 Å². The maximum atomic E-state index is 11.7. The minimum atomic E-state index is -3.17. The van der Waals surface area contributed by atoms with Gasteiger partial charge in [0.2, 0.25) is 10.0 Å². The first kappa shape index (κ1) is 14.9. The van der Waals surface area contributed by atoms with Crippen molar-refractivity contribution in [2.24, 2.45) is 0 Å². The van der Waals surface area contributed by atoms with E-state index in [1.807, 2.05) is 14.0 Å². The van der Waals surface area contributed by atoms with Crippen molar-refractivity contribution in [2.75, 3.05) is 26.0 Å². The Balaban J connectivity index is 2.28. The van der Waals surface area contributed by atoms with Gasteiger partial charge in [-0.25, -0.2) is 13.1 Å². The number of hydrogen-bond donors (Lipinski definition) is 2. The van der Waals surface area contributed by atoms with Crippen LogP contribution in [0.2, 0.25) is 0 Å². The predicted molar refractivity (Wildman–Crippen MR) is 68.5 cm³/mol. The van der Waals surface area contributed by atoms with Gasteiger partial charge in [-0.3, -0.25) is 0 Å². The Morgan fingerprint density at radius 2 is 1.76 bits per heavy atom. The van der Waals surface area contributed by atoms with Crippen LogP contribution in [0.5, 0.6) is 0 Å². The van der Waals surface area contributed by atoms with Gasteiger partial charge in [0, 0.05) is 18.7 Å². The van der Waals surface area contributed by atoms with Gasteiger partial charge in [0.1, 0.15) is 0 Å². The Bertz CT molecular complexity index is 298. The standard InChI is InChI=1S/C11H24N2O3S/c1-3-16-8-9-17(14,15)13-11-6-4-10(12-2)5-7-11/h10-13H,3-9H2,1-2H3. The fourth-order valence-corrected chi connectivity index (χ4v) is 3.32. The highest BCUT2D eigenvalue weighted by atomic mass is 32.2. The van der Waals surface area contributed by atoms with Gasteiger partial charge in [0.25, 0.3) is 0 Å². The molecule has 0 amide bonds. The van der Waals surface area contributed by atoms with Crippen LogP contribution in [0, 0.1) is 0 Å². The third-order valence-corrected chi connectivity index (χ3v) is 4.58. The minimum Gasteiger partial charge on any atom is -0.381 e. The molecular formula is C11H24N2O3S. The maximum Gasteiger partial charge on any atom is 0.214 e. The van der Waals surface area contributed by atoms with Crippen molar-refractivity contribution in [3.63, 3.8) is 0 Å². The molecule has 0 aromatic heterocycles. The highest BCUT2D eigenvalue weighted by molar-refractivity contribution is 7.89. The lowest BCUT2D eigenvalue weighted by Gasteiger charge is -2.28. The van der Waals surface area contributed by atoms with Gasteiger partial charge in [-0.05, 0) is 39.7 Å². The second-order valence-corrected chi connectivity index (χ2v) is 6.34. The number of sulfonamides is 1. The molecule has 1 fully saturated rings. The largest absolute Gasteiger partial charge is 0.381 e. The van der Waals surface area contributed by atoms with Gasteiger partial charge < -0.3 is 10.1 Å². The molecule has 2 N–H and O–H groups in total. The first-order valence-electron chi connectivity index (χ1n) is 6.32. The van der Waals surface area contributed by atoms with E-state index in [0.29, 0.717) is 12.6 Å². The third-order valence-electron chi connectivity index (χ3n) is 3.18. The Hall–Kier alpha value is -0.170. The lowest BCUT2D eigenvalue weighted by atomic mass is 9.92. The lowest BCUT2D eigenvalue weighted by molar-refractivity contribution is 0.163. The quantitative estimate of drug-likeness (QED) is 0.656. The van der Waals surface area contributed by atoms with Crippen molar-refractivity contribution in [2.45, 2.75) is 44.7 Å². The van der Waals surface area contributed by atoms with Crippen LogP contribution in [0.25, 0.3) is 0 Å². The van der Waals surface area contributed by atoms with E-state index >= 15 is 0 Å². The zero-order valence-electron chi connectivity index (χ0n) is 10.7. The van der Waals surface area contributed by atoms with Crippen LogP contribution in [-0.2, 0) is 14.8 Å². The van der Waals surface area contributed by atoms with E-state index in [1.54, 1.807) is 0 Å². The van der Waals surface area contributed by atoms with Gasteiger partial charge in [-0.1, -0.05) is 0 Å². The molecule has 0 heterocycles. The smallest absolute Gasteiger partial charge is 0.214 e. The van der Waals surface area contributed by atoms with Crippen LogP contribution in [-0.4, -0.2) is 46.5 Å². The molecule has 0 bridgehead atoms. The fraction of sp³-hybridized carbons (Fsp3) is 1.00. The predicted octanol–water partition coefficient (Wildman–Crippen LogP) is 0.473. The second kappa shape index (κ2) is 7.31. The summed E-state index contributed by atoms with van der Waals surface area (Å²) in [7, 11) is -1.22. The van der Waals surface area contributed by atoms with E-state index in [4.69, 9.17) is 4.74 Å². The summed E-state index contributed by atoms with van der Waals surface area (Å²) >= 11 is 0. The van der Waals surface area contributed by atoms with Crippen LogP contribution in [0.15, 0.2) is 0 Å². The molecule has 5 nitrogen and oxygen atoms in total. The van der Waals surface area contributed by atoms with E-state index in [-0.39, 0.29) is 18.4 Å². The molecule has 0 unspecified atom stereocenters. The highest BCUT2D eigenvalue weighted by Crippen LogP contribution is 2.18. The zero-order chi connectivity index (χ0) is 12.7. The summed E-state index contributed by atoms with van der Waals surface area (Å²) < 4.78 is 31.3. The Morgan fingerprint density at radius 3 is 2.29 bits per heavy atom. The topological polar surface area (TPSA) is 67.4 Å². The monoisotopic (exact) mass is 264 g/mol. The normalized spacial score (nSPS) is 26.0. The molecule has 0 radical (unpaired) electrons. The number of ether oxygens (including phenoxy) is 1. The first-order chi connectivity index (χ1) is 8.07. The Labute approximate surface area is 104 Å². The van der Waals surface area contributed by atoms with E-state index in [0.717, 1.165) is 25.7 Å². The van der Waals surface area contributed by atoms with Crippen molar-refractivity contribution >= 4 is 10.0 Å². The molecule has 0 spiro atoms. The molecule has 6 heteroatoms. The Kier molecular flexibility index (Phi) is 6.40. The van der Waals surface area contributed by atoms with Gasteiger partial charge in [0.05, 0.1) is 12.4 Å². The van der Waals surface area contributed by atoms with Crippen LogP contribution >= 0.6 is 0 Å². The van der Waals surface area contributed by atoms with Crippen LogP contribution in [0.1, 0.15) is 32.6 Å². The summed E-state index contributed by atoms with van der Waals surface area (Å²) in [6.07, 6.45) is 3.91. The van der Waals surface area contributed by atoms with E-state index in [1.165, 1.54) is 0 Å². The van der Waals surface area contributed by atoms with Crippen LogP contribution in [0.3, 0.4) is 0 Å². The van der Waals surface area contributed by atoms with Crippen molar-refractivity contribution in [1.29, 1.82) is 0 Å². The van der Waals surface area contributed by atoms with Crippen molar-refractivity contribution in [3.8, 4) is 0 Å². The molecule has 1 aliphatic rings. The summed E-state index contributed by atoms with van der Waals surface area (Å²) in [6.45, 7) is 2.69. The average Bonchev–Trinajstić information content (AvgIpc) is 2.30. The minimum absolute atomic E-state index is 0.0623. The highest BCUT2D eigenvalue weighted by Gasteiger charge is 2.23. The second-order valence-electron chi connectivity index (χ2n) is 4.47. The molecule has 0 saturated heterocycles. The van der Waals surface area contributed by atoms with Gasteiger partial charge in [0.15, 0.2) is 0 Å². The summed E-state index contributed by atoms with van der Waals surface area (Å²) in [5.74, 6) is 0.0623. The lowest BCUT2D eigenvalue weighted by Crippen LogP contribution is -2.42. The van der Waals surface area contributed by atoms with Gasteiger partial charge >= 0.3 is 0 Å². The molecule has 17 heavy (non-hydrogen) atoms. The van der Waals surface area contributed by atoms with Gasteiger partial charge in [-0.15, -0.1) is 0 Å². The molecule has 0 aromatic rings. The number of nitrogens with one attached hydrogen (secondary N) is 2. The fourth-order valence-electron chi connectivity index (χ4n) is 2.13. The molecular weight excluding hydrogens is 240 g/mol. The molecule has 1 aliphatic carbocycles. The molecule has 1 rings (SSSR count). The van der Waals surface area contributed by atoms with Crippen LogP contribution < -0.4 is 10.0 Å². The van der Waals surface area contributed by atoms with E-state index in [2.05, 4.69) is 10.0 Å². The zero-order valence-corrected chi connectivity index (χ0v) is 11.6. The van der Waals surface area contributed by atoms with E-state index < -0.39 is 10.0 Å². The molecule has 1 saturated carbocycles. The molecule has 0 atom stereocenters. The average molecular weight is 264 g/mol. The van der Waals surface area contributed by atoms with Crippen molar-refractivity contribution in [1.82, 2.24) is 10.0 Å². The summed E-state index contributed by atoms with van der Waals surface area (Å²) in [5, 5.41) is 3.23. The summed E-state index contributed by atoms with van der Waals surface area (Å²) in [5.41, 5.74) is 0. The number of rotatable bonds is 7. The first-order valence-corrected chi connectivity index (χ1v) is 7.97. The summed E-state index contributed by atoms with van der Waals surface area (Å²) in [6, 6.07) is 0.644. The van der Waals surface area contributed by atoms with Crippen molar-refractivity contribution < 1.29 is 13.2 Å². The third kappa shape index (κ3) is 5.81. The number of hydrogen-bond acceptors (Lipinski definition) is 4. The van der Waals surface area contributed by atoms with Crippen LogP contribution in [0.4, 0.5) is 0 Å². The van der Waals surface area contributed by atoms with Crippen molar-refractivity contribution in [3.05, 3.63) is 0 Å². The molecule has 0 aliphatic heterocycles. The van der Waals surface area contributed by atoms with Gasteiger partial charge in [-0.2, -0.15) is 0 Å². The summed E-state index contributed by atoms with van der Waals surface area (Å²) in [4.78, 5) is 0.